The minimum Gasteiger partial charge on any atom is -0.446 e. The highest BCUT2D eigenvalue weighted by atomic mass is 19.4. The number of rotatable bonds is 8. The number of halogens is 3. The van der Waals surface area contributed by atoms with Crippen molar-refractivity contribution in [2.45, 2.75) is 96.6 Å². The van der Waals surface area contributed by atoms with Gasteiger partial charge in [-0.25, -0.2) is 4.79 Å². The largest absolute Gasteiger partial charge is 0.452 e. The summed E-state index contributed by atoms with van der Waals surface area (Å²) < 4.78 is 44.2. The van der Waals surface area contributed by atoms with Crippen LogP contribution in [0.1, 0.15) is 66.2 Å². The number of ketones is 1. The molecule has 2 N–H and O–H groups in total. The summed E-state index contributed by atoms with van der Waals surface area (Å²) >= 11 is 0. The highest BCUT2D eigenvalue weighted by Crippen LogP contribution is 2.25. The van der Waals surface area contributed by atoms with Gasteiger partial charge in [-0.15, -0.1) is 0 Å². The van der Waals surface area contributed by atoms with E-state index in [4.69, 9.17) is 4.74 Å². The zero-order valence-corrected chi connectivity index (χ0v) is 19.5. The SMILES string of the molecule is CC(C)[C@H](NC(=O)OC1CCCC1)C(=O)N1CCC[C@H]1C(=O)N[C@H](C(=O)C(F)(F)F)C(C)C. The number of likely N-dealkylation sites (tertiary alicyclic amines) is 1. The van der Waals surface area contributed by atoms with Crippen molar-refractivity contribution in [2.24, 2.45) is 11.8 Å². The van der Waals surface area contributed by atoms with Gasteiger partial charge in [0.1, 0.15) is 18.2 Å². The number of hydrogen-bond donors (Lipinski definition) is 2. The molecule has 33 heavy (non-hydrogen) atoms. The number of carbonyl (C=O) groups excluding carboxylic acids is 4. The summed E-state index contributed by atoms with van der Waals surface area (Å²) in [5, 5.41) is 4.78. The Morgan fingerprint density at radius 3 is 1.97 bits per heavy atom. The second kappa shape index (κ2) is 11.2. The maximum Gasteiger partial charge on any atom is 0.452 e. The Hall–Kier alpha value is -2.33. The maximum atomic E-state index is 13.2. The van der Waals surface area contributed by atoms with E-state index in [0.717, 1.165) is 25.7 Å². The summed E-state index contributed by atoms with van der Waals surface area (Å²) in [4.78, 5) is 51.4. The molecule has 2 rings (SSSR count). The molecule has 8 nitrogen and oxygen atoms in total. The molecule has 0 spiro atoms. The second-order valence-corrected chi connectivity index (χ2v) is 9.46. The number of carbonyl (C=O) groups is 4. The van der Waals surface area contributed by atoms with Crippen LogP contribution in [0.25, 0.3) is 0 Å². The summed E-state index contributed by atoms with van der Waals surface area (Å²) in [6, 6.07) is -3.71. The molecule has 3 atom stereocenters. The summed E-state index contributed by atoms with van der Waals surface area (Å²) in [6.07, 6.45) is -1.75. The monoisotopic (exact) mass is 477 g/mol. The van der Waals surface area contributed by atoms with Gasteiger partial charge in [-0.1, -0.05) is 27.7 Å². The Kier molecular flexibility index (Phi) is 9.13. The number of amides is 3. The lowest BCUT2D eigenvalue weighted by atomic mass is 9.98. The van der Waals surface area contributed by atoms with Crippen LogP contribution in [0.15, 0.2) is 0 Å². The van der Waals surface area contributed by atoms with Gasteiger partial charge in [-0.3, -0.25) is 14.4 Å². The van der Waals surface area contributed by atoms with Crippen molar-refractivity contribution in [1.82, 2.24) is 15.5 Å². The molecule has 0 unspecified atom stereocenters. The van der Waals surface area contributed by atoms with Crippen molar-refractivity contribution in [2.75, 3.05) is 6.54 Å². The number of alkyl halides is 3. The molecule has 3 amide bonds. The number of nitrogens with zero attached hydrogens (tertiary/aromatic N) is 1. The molecule has 1 saturated heterocycles. The van der Waals surface area contributed by atoms with Gasteiger partial charge in [0, 0.05) is 6.54 Å². The molecular formula is C22H34F3N3O5. The number of alkyl carbamates (subject to hydrolysis) is 1. The first-order valence-corrected chi connectivity index (χ1v) is 11.5. The van der Waals surface area contributed by atoms with Crippen molar-refractivity contribution in [3.8, 4) is 0 Å². The molecule has 11 heteroatoms. The van der Waals surface area contributed by atoms with E-state index >= 15 is 0 Å². The third kappa shape index (κ3) is 7.07. The van der Waals surface area contributed by atoms with Gasteiger partial charge in [-0.05, 0) is 50.4 Å². The molecular weight excluding hydrogens is 443 g/mol. The lowest BCUT2D eigenvalue weighted by Gasteiger charge is -2.31. The smallest absolute Gasteiger partial charge is 0.446 e. The van der Waals surface area contributed by atoms with Gasteiger partial charge in [-0.2, -0.15) is 13.2 Å². The van der Waals surface area contributed by atoms with E-state index in [1.165, 1.54) is 18.7 Å². The molecule has 0 bridgehead atoms. The minimum absolute atomic E-state index is 0.183. The van der Waals surface area contributed by atoms with E-state index < -0.39 is 53.9 Å². The number of nitrogens with one attached hydrogen (secondary N) is 2. The predicted octanol–water partition coefficient (Wildman–Crippen LogP) is 2.94. The summed E-state index contributed by atoms with van der Waals surface area (Å²) in [7, 11) is 0. The van der Waals surface area contributed by atoms with Gasteiger partial charge in [0.15, 0.2) is 0 Å². The van der Waals surface area contributed by atoms with E-state index in [1.807, 2.05) is 0 Å². The molecule has 1 aliphatic heterocycles. The first kappa shape index (κ1) is 26.9. The van der Waals surface area contributed by atoms with Crippen LogP contribution in [0.4, 0.5) is 18.0 Å². The fraction of sp³-hybridized carbons (Fsp3) is 0.818. The summed E-state index contributed by atoms with van der Waals surface area (Å²) in [5.41, 5.74) is 0. The molecule has 1 heterocycles. The van der Waals surface area contributed by atoms with E-state index in [0.29, 0.717) is 6.42 Å². The zero-order chi connectivity index (χ0) is 24.9. The number of Topliss-reactive ketones (excluding diaryl/α,β-unsaturated/α-hetero) is 1. The molecule has 0 aromatic heterocycles. The van der Waals surface area contributed by atoms with Crippen molar-refractivity contribution in [3.63, 3.8) is 0 Å². The number of hydrogen-bond acceptors (Lipinski definition) is 5. The summed E-state index contributed by atoms with van der Waals surface area (Å²) in [6.45, 7) is 6.50. The van der Waals surface area contributed by atoms with Crippen molar-refractivity contribution >= 4 is 23.7 Å². The fourth-order valence-electron chi connectivity index (χ4n) is 4.27. The van der Waals surface area contributed by atoms with Crippen molar-refractivity contribution in [3.05, 3.63) is 0 Å². The quantitative estimate of drug-likeness (QED) is 0.559. The molecule has 2 fully saturated rings. The molecule has 0 aromatic rings. The van der Waals surface area contributed by atoms with Crippen LogP contribution in [0.5, 0.6) is 0 Å². The lowest BCUT2D eigenvalue weighted by Crippen LogP contribution is -2.58. The Bertz CT molecular complexity index is 735. The van der Waals surface area contributed by atoms with Crippen LogP contribution in [-0.4, -0.2) is 65.5 Å². The van der Waals surface area contributed by atoms with Crippen LogP contribution in [0.3, 0.4) is 0 Å². The third-order valence-electron chi connectivity index (χ3n) is 6.15. The zero-order valence-electron chi connectivity index (χ0n) is 19.5. The Labute approximate surface area is 192 Å². The van der Waals surface area contributed by atoms with Crippen LogP contribution >= 0.6 is 0 Å². The Morgan fingerprint density at radius 2 is 1.45 bits per heavy atom. The normalized spacial score (nSPS) is 21.2. The molecule has 2 aliphatic rings. The van der Waals surface area contributed by atoms with E-state index in [1.54, 1.807) is 13.8 Å². The van der Waals surface area contributed by atoms with Crippen molar-refractivity contribution in [1.29, 1.82) is 0 Å². The lowest BCUT2D eigenvalue weighted by molar-refractivity contribution is -0.175. The standard InChI is InChI=1S/C22H34F3N3O5/c1-12(2)16(18(29)22(23,24)25)26-19(30)15-10-7-11-28(15)20(31)17(13(3)4)27-21(32)33-14-8-5-6-9-14/h12-17H,5-11H2,1-4H3,(H,26,30)(H,27,32)/t15-,16-,17-/m0/s1. The molecule has 1 saturated carbocycles. The maximum absolute atomic E-state index is 13.2. The highest BCUT2D eigenvalue weighted by molar-refractivity contribution is 5.96. The fourth-order valence-corrected chi connectivity index (χ4v) is 4.27. The van der Waals surface area contributed by atoms with Gasteiger partial charge >= 0.3 is 12.3 Å². The van der Waals surface area contributed by atoms with Crippen LogP contribution < -0.4 is 10.6 Å². The van der Waals surface area contributed by atoms with E-state index in [-0.39, 0.29) is 25.0 Å². The molecule has 188 valence electrons. The molecule has 0 aromatic carbocycles. The Morgan fingerprint density at radius 1 is 0.879 bits per heavy atom. The first-order chi connectivity index (χ1) is 15.3. The Balaban J connectivity index is 2.08. The summed E-state index contributed by atoms with van der Waals surface area (Å²) in [5.74, 6) is -4.45. The molecule has 0 radical (unpaired) electrons. The van der Waals surface area contributed by atoms with Gasteiger partial charge in [0.05, 0.1) is 6.04 Å². The second-order valence-electron chi connectivity index (χ2n) is 9.46. The average molecular weight is 478 g/mol. The van der Waals surface area contributed by atoms with Gasteiger partial charge < -0.3 is 20.3 Å². The topological polar surface area (TPSA) is 105 Å². The minimum atomic E-state index is -5.08. The van der Waals surface area contributed by atoms with Crippen LogP contribution in [-0.2, 0) is 19.1 Å². The van der Waals surface area contributed by atoms with Crippen LogP contribution in [0.2, 0.25) is 0 Å². The van der Waals surface area contributed by atoms with Gasteiger partial charge in [0.2, 0.25) is 11.8 Å². The van der Waals surface area contributed by atoms with E-state index in [2.05, 4.69) is 10.6 Å². The first-order valence-electron chi connectivity index (χ1n) is 11.5. The average Bonchev–Trinajstić information content (AvgIpc) is 3.39. The van der Waals surface area contributed by atoms with Crippen LogP contribution in [0, 0.1) is 11.8 Å². The third-order valence-corrected chi connectivity index (χ3v) is 6.15. The predicted molar refractivity (Wildman–Crippen MR) is 113 cm³/mol. The van der Waals surface area contributed by atoms with E-state index in [9.17, 15) is 32.3 Å². The van der Waals surface area contributed by atoms with Gasteiger partial charge in [0.25, 0.3) is 5.78 Å². The molecule has 1 aliphatic carbocycles. The number of ether oxygens (including phenoxy) is 1. The highest BCUT2D eigenvalue weighted by Gasteiger charge is 2.46. The van der Waals surface area contributed by atoms with Crippen molar-refractivity contribution < 1.29 is 37.1 Å².